The lowest BCUT2D eigenvalue weighted by Crippen LogP contribution is -2.49. The first-order valence-electron chi connectivity index (χ1n) is 9.87. The molecule has 3 heterocycles. The Bertz CT molecular complexity index is 1110. The summed E-state index contributed by atoms with van der Waals surface area (Å²) in [7, 11) is -3.73. The predicted octanol–water partition coefficient (Wildman–Crippen LogP) is 0.857. The Balaban J connectivity index is 1.34. The number of piperidine rings is 1. The van der Waals surface area contributed by atoms with Crippen molar-refractivity contribution in [2.75, 3.05) is 19.6 Å². The highest BCUT2D eigenvalue weighted by atomic mass is 32.2. The van der Waals surface area contributed by atoms with E-state index in [1.165, 1.54) is 4.31 Å². The van der Waals surface area contributed by atoms with Crippen molar-refractivity contribution < 1.29 is 27.3 Å². The third-order valence-electron chi connectivity index (χ3n) is 5.56. The molecule has 2 aliphatic rings. The van der Waals surface area contributed by atoms with E-state index in [0.717, 1.165) is 4.90 Å². The Morgan fingerprint density at radius 1 is 1.13 bits per heavy atom. The fourth-order valence-electron chi connectivity index (χ4n) is 4.01. The van der Waals surface area contributed by atoms with Crippen LogP contribution in [0, 0.1) is 13.8 Å². The van der Waals surface area contributed by atoms with Crippen LogP contribution in [0.2, 0.25) is 0 Å². The highest BCUT2D eigenvalue weighted by Crippen LogP contribution is 2.26. The van der Waals surface area contributed by atoms with Gasteiger partial charge in [-0.2, -0.15) is 4.31 Å². The maximum Gasteiger partial charge on any atom is 0.262 e. The molecule has 1 aromatic carbocycles. The lowest BCUT2D eigenvalue weighted by atomic mass is 10.1. The Morgan fingerprint density at radius 2 is 1.71 bits per heavy atom. The van der Waals surface area contributed by atoms with Gasteiger partial charge in [0.15, 0.2) is 5.76 Å². The van der Waals surface area contributed by atoms with Gasteiger partial charge in [0.05, 0.1) is 11.1 Å². The summed E-state index contributed by atoms with van der Waals surface area (Å²) in [6, 6.07) is 6.19. The number of sulfonamides is 1. The fraction of sp³-hybridized carbons (Fsp3) is 0.400. The van der Waals surface area contributed by atoms with Crippen LogP contribution in [0.15, 0.2) is 33.7 Å². The van der Waals surface area contributed by atoms with Crippen LogP contribution in [0.4, 0.5) is 0 Å². The predicted molar refractivity (Wildman–Crippen MR) is 108 cm³/mol. The van der Waals surface area contributed by atoms with Gasteiger partial charge in [0.25, 0.3) is 11.8 Å². The molecule has 164 valence electrons. The van der Waals surface area contributed by atoms with Crippen LogP contribution in [0.5, 0.6) is 0 Å². The van der Waals surface area contributed by atoms with Crippen LogP contribution in [0.25, 0.3) is 0 Å². The monoisotopic (exact) mass is 446 g/mol. The average molecular weight is 446 g/mol. The van der Waals surface area contributed by atoms with Gasteiger partial charge in [0.1, 0.15) is 17.1 Å². The summed E-state index contributed by atoms with van der Waals surface area (Å²) in [6.45, 7) is 3.22. The Kier molecular flexibility index (Phi) is 5.40. The van der Waals surface area contributed by atoms with Gasteiger partial charge < -0.3 is 9.84 Å². The van der Waals surface area contributed by atoms with Crippen LogP contribution in [0.3, 0.4) is 0 Å². The molecule has 31 heavy (non-hydrogen) atoms. The first-order valence-corrected chi connectivity index (χ1v) is 11.3. The summed E-state index contributed by atoms with van der Waals surface area (Å²) in [5.41, 5.74) is 0.894. The smallest absolute Gasteiger partial charge is 0.262 e. The second kappa shape index (κ2) is 7.89. The van der Waals surface area contributed by atoms with Crippen molar-refractivity contribution in [1.29, 1.82) is 0 Å². The van der Waals surface area contributed by atoms with Crippen molar-refractivity contribution in [3.05, 3.63) is 46.8 Å². The third kappa shape index (κ3) is 3.74. The summed E-state index contributed by atoms with van der Waals surface area (Å²) in [6.07, 6.45) is 0.826. The fourth-order valence-corrected chi connectivity index (χ4v) is 5.77. The van der Waals surface area contributed by atoms with Gasteiger partial charge >= 0.3 is 0 Å². The largest absolute Gasteiger partial charge is 0.360 e. The average Bonchev–Trinajstić information content (AvgIpc) is 3.20. The SMILES string of the molecule is Cc1noc(C)c1S(=O)(=O)N1CCC(NC(=O)CN2C(=O)c3ccccc3C2=O)CC1. The molecule has 10 nitrogen and oxygen atoms in total. The summed E-state index contributed by atoms with van der Waals surface area (Å²) >= 11 is 0. The van der Waals surface area contributed by atoms with Crippen molar-refractivity contribution >= 4 is 27.7 Å². The molecule has 3 amide bonds. The first-order chi connectivity index (χ1) is 14.7. The Hall–Kier alpha value is -3.05. The standard InChI is InChI=1S/C20H22N4O6S/c1-12-18(13(2)30-22-12)31(28,29)23-9-7-14(8-10-23)21-17(25)11-24-19(26)15-5-3-4-6-16(15)20(24)27/h3-6,14H,7-11H2,1-2H3,(H,21,25). The first kappa shape index (κ1) is 21.2. The molecular formula is C20H22N4O6S. The van der Waals surface area contributed by atoms with Crippen molar-refractivity contribution in [3.8, 4) is 0 Å². The molecule has 0 unspecified atom stereocenters. The lowest BCUT2D eigenvalue weighted by molar-refractivity contribution is -0.122. The van der Waals surface area contributed by atoms with Crippen LogP contribution < -0.4 is 5.32 Å². The molecule has 2 aliphatic heterocycles. The van der Waals surface area contributed by atoms with E-state index in [0.29, 0.717) is 18.5 Å². The van der Waals surface area contributed by atoms with E-state index in [9.17, 15) is 22.8 Å². The Labute approximate surface area is 179 Å². The lowest BCUT2D eigenvalue weighted by Gasteiger charge is -2.31. The normalized spacial score (nSPS) is 17.8. The van der Waals surface area contributed by atoms with Crippen molar-refractivity contribution in [2.45, 2.75) is 37.6 Å². The number of benzene rings is 1. The van der Waals surface area contributed by atoms with E-state index in [4.69, 9.17) is 4.52 Å². The summed E-state index contributed by atoms with van der Waals surface area (Å²) in [5.74, 6) is -1.19. The van der Waals surface area contributed by atoms with E-state index in [1.54, 1.807) is 38.1 Å². The summed E-state index contributed by atoms with van der Waals surface area (Å²) in [5, 5.41) is 6.52. The van der Waals surface area contributed by atoms with Crippen LogP contribution in [-0.2, 0) is 14.8 Å². The molecule has 1 saturated heterocycles. The maximum atomic E-state index is 12.9. The number of carbonyl (C=O) groups excluding carboxylic acids is 3. The van der Waals surface area contributed by atoms with Gasteiger partial charge in [-0.25, -0.2) is 8.42 Å². The van der Waals surface area contributed by atoms with Gasteiger partial charge in [0, 0.05) is 19.1 Å². The third-order valence-corrected chi connectivity index (χ3v) is 7.71. The minimum absolute atomic E-state index is 0.0839. The van der Waals surface area contributed by atoms with E-state index >= 15 is 0 Å². The van der Waals surface area contributed by atoms with Gasteiger partial charge in [0.2, 0.25) is 15.9 Å². The van der Waals surface area contributed by atoms with Gasteiger partial charge in [-0.15, -0.1) is 0 Å². The van der Waals surface area contributed by atoms with Crippen molar-refractivity contribution in [1.82, 2.24) is 19.7 Å². The second-order valence-electron chi connectivity index (χ2n) is 7.64. The molecule has 0 atom stereocenters. The maximum absolute atomic E-state index is 12.9. The van der Waals surface area contributed by atoms with Gasteiger partial charge in [-0.1, -0.05) is 17.3 Å². The summed E-state index contributed by atoms with van der Waals surface area (Å²) in [4.78, 5) is 38.3. The number of aromatic nitrogens is 1. The summed E-state index contributed by atoms with van der Waals surface area (Å²) < 4.78 is 32.1. The van der Waals surface area contributed by atoms with Crippen LogP contribution in [0.1, 0.15) is 45.0 Å². The topological polar surface area (TPSA) is 130 Å². The molecule has 0 aliphatic carbocycles. The number of aryl methyl sites for hydroxylation is 2. The van der Waals surface area contributed by atoms with Gasteiger partial charge in [-0.05, 0) is 38.8 Å². The zero-order valence-electron chi connectivity index (χ0n) is 17.1. The Morgan fingerprint density at radius 3 is 2.23 bits per heavy atom. The quantitative estimate of drug-likeness (QED) is 0.674. The van der Waals surface area contributed by atoms with Crippen LogP contribution in [-0.4, -0.2) is 66.2 Å². The number of hydrogen-bond donors (Lipinski definition) is 1. The molecule has 1 N–H and O–H groups in total. The number of nitrogens with zero attached hydrogens (tertiary/aromatic N) is 3. The number of nitrogens with one attached hydrogen (secondary N) is 1. The molecule has 2 aromatic rings. The number of hydrogen-bond acceptors (Lipinski definition) is 7. The second-order valence-corrected chi connectivity index (χ2v) is 9.52. The van der Waals surface area contributed by atoms with Crippen LogP contribution >= 0.6 is 0 Å². The van der Waals surface area contributed by atoms with Crippen molar-refractivity contribution in [2.24, 2.45) is 0 Å². The highest BCUT2D eigenvalue weighted by molar-refractivity contribution is 7.89. The van der Waals surface area contributed by atoms with E-state index < -0.39 is 27.7 Å². The van der Waals surface area contributed by atoms with E-state index in [-0.39, 0.29) is 47.5 Å². The molecular weight excluding hydrogens is 424 g/mol. The molecule has 4 rings (SSSR count). The number of amides is 3. The molecule has 1 fully saturated rings. The number of rotatable bonds is 5. The molecule has 0 saturated carbocycles. The number of fused-ring (bicyclic) bond motifs is 1. The highest BCUT2D eigenvalue weighted by Gasteiger charge is 2.37. The zero-order valence-corrected chi connectivity index (χ0v) is 17.9. The molecule has 1 aromatic heterocycles. The molecule has 0 bridgehead atoms. The number of carbonyl (C=O) groups is 3. The van der Waals surface area contributed by atoms with Gasteiger partial charge in [-0.3, -0.25) is 19.3 Å². The molecule has 11 heteroatoms. The molecule has 0 radical (unpaired) electrons. The minimum atomic E-state index is -3.73. The van der Waals surface area contributed by atoms with Crippen molar-refractivity contribution in [3.63, 3.8) is 0 Å². The van der Waals surface area contributed by atoms with E-state index in [2.05, 4.69) is 10.5 Å². The van der Waals surface area contributed by atoms with E-state index in [1.807, 2.05) is 0 Å². The molecule has 0 spiro atoms. The zero-order chi connectivity index (χ0) is 22.3. The number of imide groups is 1. The minimum Gasteiger partial charge on any atom is -0.360 e.